The van der Waals surface area contributed by atoms with E-state index in [2.05, 4.69) is 5.32 Å². The van der Waals surface area contributed by atoms with Crippen LogP contribution in [0.1, 0.15) is 54.9 Å². The summed E-state index contributed by atoms with van der Waals surface area (Å²) < 4.78 is 38.3. The molecule has 1 atom stereocenters. The number of nitrogens with one attached hydrogen (secondary N) is 1. The van der Waals surface area contributed by atoms with Gasteiger partial charge in [-0.05, 0) is 43.4 Å². The van der Waals surface area contributed by atoms with Crippen molar-refractivity contribution >= 4 is 5.91 Å². The maximum Gasteiger partial charge on any atom is 0.421 e. The van der Waals surface area contributed by atoms with Crippen molar-refractivity contribution in [2.45, 2.75) is 50.8 Å². The highest BCUT2D eigenvalue weighted by Gasteiger charge is 2.51. The lowest BCUT2D eigenvalue weighted by atomic mass is 9.89. The zero-order chi connectivity index (χ0) is 17.1. The molecule has 1 fully saturated rings. The normalized spacial score (nSPS) is 19.2. The third-order valence-electron chi connectivity index (χ3n) is 4.54. The summed E-state index contributed by atoms with van der Waals surface area (Å²) >= 11 is 0. The van der Waals surface area contributed by atoms with Gasteiger partial charge < -0.3 is 10.4 Å². The maximum atomic E-state index is 12.8. The molecule has 0 heterocycles. The topological polar surface area (TPSA) is 49.3 Å². The monoisotopic (exact) mass is 329 g/mol. The van der Waals surface area contributed by atoms with E-state index < -0.39 is 11.8 Å². The Bertz CT molecular complexity index is 532. The molecular weight excluding hydrogens is 307 g/mol. The van der Waals surface area contributed by atoms with Crippen LogP contribution in [0.4, 0.5) is 13.2 Å². The fraction of sp³-hybridized carbons (Fsp3) is 0.588. The average Bonchev–Trinajstić information content (AvgIpc) is 2.52. The van der Waals surface area contributed by atoms with Gasteiger partial charge in [-0.2, -0.15) is 13.2 Å². The number of hydrogen-bond donors (Lipinski definition) is 2. The first-order chi connectivity index (χ1) is 10.7. The summed E-state index contributed by atoms with van der Waals surface area (Å²) in [5.74, 6) is 0.187. The molecule has 1 aliphatic carbocycles. The summed E-state index contributed by atoms with van der Waals surface area (Å²) in [4.78, 5) is 12.0. The molecule has 1 unspecified atom stereocenters. The minimum atomic E-state index is -4.77. The Morgan fingerprint density at radius 1 is 1.17 bits per heavy atom. The number of hydrogen-bond acceptors (Lipinski definition) is 2. The minimum Gasteiger partial charge on any atom is -0.376 e. The molecule has 1 aromatic rings. The van der Waals surface area contributed by atoms with Crippen LogP contribution in [0.2, 0.25) is 0 Å². The van der Waals surface area contributed by atoms with E-state index in [0.29, 0.717) is 24.9 Å². The molecule has 6 heteroatoms. The summed E-state index contributed by atoms with van der Waals surface area (Å²) in [6.07, 6.45) is 1.05. The van der Waals surface area contributed by atoms with E-state index in [1.54, 1.807) is 0 Å². The predicted molar refractivity (Wildman–Crippen MR) is 81.0 cm³/mol. The lowest BCUT2D eigenvalue weighted by Gasteiger charge is -2.26. The number of halogens is 3. The second-order valence-electron chi connectivity index (χ2n) is 6.36. The van der Waals surface area contributed by atoms with Crippen molar-refractivity contribution in [2.75, 3.05) is 6.54 Å². The summed E-state index contributed by atoms with van der Waals surface area (Å²) in [6, 6.07) is 4.91. The van der Waals surface area contributed by atoms with Crippen molar-refractivity contribution < 1.29 is 23.1 Å². The van der Waals surface area contributed by atoms with E-state index >= 15 is 0 Å². The number of amides is 1. The van der Waals surface area contributed by atoms with Crippen LogP contribution in [0.15, 0.2) is 24.3 Å². The number of carbonyl (C=O) groups excluding carboxylic acids is 1. The Balaban J connectivity index is 1.97. The van der Waals surface area contributed by atoms with Gasteiger partial charge in [0.15, 0.2) is 5.60 Å². The molecule has 3 nitrogen and oxygen atoms in total. The molecule has 2 rings (SSSR count). The third-order valence-corrected chi connectivity index (χ3v) is 4.54. The van der Waals surface area contributed by atoms with Crippen LogP contribution < -0.4 is 5.32 Å². The molecule has 0 saturated heterocycles. The fourth-order valence-electron chi connectivity index (χ4n) is 2.84. The zero-order valence-corrected chi connectivity index (χ0v) is 13.1. The fourth-order valence-corrected chi connectivity index (χ4v) is 2.84. The molecule has 1 saturated carbocycles. The largest absolute Gasteiger partial charge is 0.421 e. The highest BCUT2D eigenvalue weighted by Crippen LogP contribution is 2.38. The van der Waals surface area contributed by atoms with E-state index in [1.165, 1.54) is 31.4 Å². The van der Waals surface area contributed by atoms with Gasteiger partial charge >= 0.3 is 6.18 Å². The Kier molecular flexibility index (Phi) is 5.34. The van der Waals surface area contributed by atoms with Gasteiger partial charge in [0.05, 0.1) is 0 Å². The Morgan fingerprint density at radius 2 is 1.74 bits per heavy atom. The molecule has 1 aromatic carbocycles. The van der Waals surface area contributed by atoms with Crippen molar-refractivity contribution in [1.82, 2.24) is 5.32 Å². The lowest BCUT2D eigenvalue weighted by molar-refractivity contribution is -0.258. The molecule has 0 bridgehead atoms. The highest BCUT2D eigenvalue weighted by atomic mass is 19.4. The highest BCUT2D eigenvalue weighted by molar-refractivity contribution is 5.94. The van der Waals surface area contributed by atoms with E-state index in [0.717, 1.165) is 25.0 Å². The van der Waals surface area contributed by atoms with Crippen molar-refractivity contribution in [3.63, 3.8) is 0 Å². The van der Waals surface area contributed by atoms with Gasteiger partial charge in [-0.3, -0.25) is 4.79 Å². The van der Waals surface area contributed by atoms with Crippen molar-refractivity contribution in [1.29, 1.82) is 0 Å². The summed E-state index contributed by atoms with van der Waals surface area (Å²) in [6.45, 7) is 1.30. The van der Waals surface area contributed by atoms with Crippen molar-refractivity contribution in [3.8, 4) is 0 Å². The first-order valence-electron chi connectivity index (χ1n) is 7.89. The van der Waals surface area contributed by atoms with Crippen molar-refractivity contribution in [3.05, 3.63) is 35.4 Å². The molecule has 1 amide bonds. The quantitative estimate of drug-likeness (QED) is 0.883. The van der Waals surface area contributed by atoms with Crippen LogP contribution >= 0.6 is 0 Å². The maximum absolute atomic E-state index is 12.8. The molecule has 1 aliphatic rings. The number of rotatable bonds is 4. The molecule has 0 spiro atoms. The lowest BCUT2D eigenvalue weighted by Crippen LogP contribution is -2.39. The zero-order valence-electron chi connectivity index (χ0n) is 13.1. The van der Waals surface area contributed by atoms with Crippen LogP contribution in [0.5, 0.6) is 0 Å². The average molecular weight is 329 g/mol. The number of benzene rings is 1. The predicted octanol–water partition coefficient (Wildman–Crippen LogP) is 3.77. The van der Waals surface area contributed by atoms with E-state index in [-0.39, 0.29) is 11.5 Å². The van der Waals surface area contributed by atoms with Crippen molar-refractivity contribution in [2.24, 2.45) is 5.92 Å². The van der Waals surface area contributed by atoms with Gasteiger partial charge in [-0.15, -0.1) is 0 Å². The molecule has 2 N–H and O–H groups in total. The first-order valence-corrected chi connectivity index (χ1v) is 7.89. The number of carbonyl (C=O) groups is 1. The number of aliphatic hydroxyl groups is 1. The second kappa shape index (κ2) is 6.91. The smallest absolute Gasteiger partial charge is 0.376 e. The van der Waals surface area contributed by atoms with Gasteiger partial charge in [0.25, 0.3) is 5.91 Å². The first kappa shape index (κ1) is 17.8. The Hall–Kier alpha value is -1.56. The van der Waals surface area contributed by atoms with E-state index in [4.69, 9.17) is 0 Å². The Morgan fingerprint density at radius 3 is 2.26 bits per heavy atom. The van der Waals surface area contributed by atoms with Crippen LogP contribution in [0.3, 0.4) is 0 Å². The van der Waals surface area contributed by atoms with Crippen LogP contribution in [0.25, 0.3) is 0 Å². The third kappa shape index (κ3) is 4.25. The van der Waals surface area contributed by atoms with Gasteiger partial charge in [-0.1, -0.05) is 31.4 Å². The molecule has 128 valence electrons. The second-order valence-corrected chi connectivity index (χ2v) is 6.36. The van der Waals surface area contributed by atoms with E-state index in [9.17, 15) is 23.1 Å². The molecule has 0 aliphatic heterocycles. The molecule has 0 radical (unpaired) electrons. The summed E-state index contributed by atoms with van der Waals surface area (Å²) in [7, 11) is 0. The SMILES string of the molecule is CC(O)(c1ccc(C(=O)NCC2CCCCC2)cc1)C(F)(F)F. The van der Waals surface area contributed by atoms with E-state index in [1.807, 2.05) is 0 Å². The van der Waals surface area contributed by atoms with Gasteiger partial charge in [0.1, 0.15) is 0 Å². The van der Waals surface area contributed by atoms with Crippen LogP contribution in [0, 0.1) is 5.92 Å². The standard InChI is InChI=1S/C17H22F3NO2/c1-16(23,17(18,19)20)14-9-7-13(8-10-14)15(22)21-11-12-5-3-2-4-6-12/h7-10,12,23H,2-6,11H2,1H3,(H,21,22). The molecule has 23 heavy (non-hydrogen) atoms. The summed E-state index contributed by atoms with van der Waals surface area (Å²) in [5.41, 5.74) is -2.92. The minimum absolute atomic E-state index is 0.283. The molecule has 0 aromatic heterocycles. The molecular formula is C17H22F3NO2. The van der Waals surface area contributed by atoms with Crippen LogP contribution in [-0.2, 0) is 5.60 Å². The van der Waals surface area contributed by atoms with Gasteiger partial charge in [0, 0.05) is 12.1 Å². The van der Waals surface area contributed by atoms with Gasteiger partial charge in [-0.25, -0.2) is 0 Å². The summed E-state index contributed by atoms with van der Waals surface area (Å²) in [5, 5.41) is 12.4. The Labute approximate surface area is 133 Å². The number of alkyl halides is 3. The van der Waals surface area contributed by atoms with Crippen LogP contribution in [-0.4, -0.2) is 23.7 Å². The van der Waals surface area contributed by atoms with Gasteiger partial charge in [0.2, 0.25) is 0 Å².